The van der Waals surface area contributed by atoms with Crippen LogP contribution in [0.2, 0.25) is 0 Å². The van der Waals surface area contributed by atoms with Crippen LogP contribution in [0.3, 0.4) is 0 Å². The summed E-state index contributed by atoms with van der Waals surface area (Å²) in [5.41, 5.74) is 1.08. The lowest BCUT2D eigenvalue weighted by Gasteiger charge is -2.17. The Morgan fingerprint density at radius 3 is 2.62 bits per heavy atom. The maximum absolute atomic E-state index is 10.6. The van der Waals surface area contributed by atoms with Crippen LogP contribution in [0.15, 0.2) is 48.8 Å². The van der Waals surface area contributed by atoms with Crippen LogP contribution in [0.1, 0.15) is 11.5 Å². The van der Waals surface area contributed by atoms with Crippen LogP contribution in [0.4, 0.5) is 5.69 Å². The van der Waals surface area contributed by atoms with Crippen LogP contribution in [-0.2, 0) is 0 Å². The van der Waals surface area contributed by atoms with Gasteiger partial charge in [0.25, 0.3) is 5.69 Å². The molecule has 1 aromatic carbocycles. The Balaban J connectivity index is 2.28. The van der Waals surface area contributed by atoms with Crippen molar-refractivity contribution in [3.8, 4) is 0 Å². The van der Waals surface area contributed by atoms with Crippen LogP contribution < -0.4 is 0 Å². The fraction of sp³-hybridized carbons (Fsp3) is 0.167. The number of allylic oxidation sites excluding steroid dienone is 2. The molecule has 0 radical (unpaired) electrons. The molecule has 1 aromatic rings. The molecule has 0 saturated heterocycles. The zero-order valence-electron chi connectivity index (χ0n) is 8.91. The maximum atomic E-state index is 10.6. The van der Waals surface area contributed by atoms with E-state index < -0.39 is 0 Å². The second-order valence-electron chi connectivity index (χ2n) is 3.73. The van der Waals surface area contributed by atoms with Crippen molar-refractivity contribution in [2.24, 2.45) is 0 Å². The first kappa shape index (κ1) is 10.4. The van der Waals surface area contributed by atoms with Crippen molar-refractivity contribution >= 4 is 5.69 Å². The van der Waals surface area contributed by atoms with Gasteiger partial charge in [0.1, 0.15) is 0 Å². The molecule has 16 heavy (non-hydrogen) atoms. The first-order valence-corrected chi connectivity index (χ1v) is 5.00. The molecule has 2 rings (SSSR count). The molecule has 1 aliphatic heterocycles. The van der Waals surface area contributed by atoms with Crippen molar-refractivity contribution < 1.29 is 4.92 Å². The first-order valence-electron chi connectivity index (χ1n) is 5.00. The largest absolute Gasteiger partial charge is 0.358 e. The minimum atomic E-state index is -0.369. The normalized spacial score (nSPS) is 15.4. The lowest BCUT2D eigenvalue weighted by atomic mass is 9.97. The quantitative estimate of drug-likeness (QED) is 0.564. The molecule has 82 valence electrons. The number of nitro benzene ring substituents is 1. The SMILES string of the molecule is CN1C=CC(c2cccc([N+](=O)[O-])c2)C=C1. The predicted octanol–water partition coefficient (Wildman–Crippen LogP) is 2.65. The fourth-order valence-electron chi connectivity index (χ4n) is 1.64. The van der Waals surface area contributed by atoms with E-state index in [4.69, 9.17) is 0 Å². The van der Waals surface area contributed by atoms with Crippen molar-refractivity contribution in [1.82, 2.24) is 4.90 Å². The van der Waals surface area contributed by atoms with Crippen LogP contribution in [0.25, 0.3) is 0 Å². The van der Waals surface area contributed by atoms with Gasteiger partial charge in [-0.25, -0.2) is 0 Å². The van der Waals surface area contributed by atoms with Crippen molar-refractivity contribution in [3.05, 3.63) is 64.5 Å². The highest BCUT2D eigenvalue weighted by atomic mass is 16.6. The lowest BCUT2D eigenvalue weighted by molar-refractivity contribution is -0.384. The Bertz CT molecular complexity index is 452. The molecule has 0 amide bonds. The number of hydrogen-bond donors (Lipinski definition) is 0. The summed E-state index contributed by atoms with van der Waals surface area (Å²) in [4.78, 5) is 12.2. The molecular formula is C12H12N2O2. The van der Waals surface area contributed by atoms with E-state index in [9.17, 15) is 10.1 Å². The number of nitrogens with zero attached hydrogens (tertiary/aromatic N) is 2. The van der Waals surface area contributed by atoms with Gasteiger partial charge >= 0.3 is 0 Å². The molecule has 0 atom stereocenters. The molecular weight excluding hydrogens is 204 g/mol. The number of non-ortho nitro benzene ring substituents is 1. The van der Waals surface area contributed by atoms with Gasteiger partial charge in [0.05, 0.1) is 4.92 Å². The minimum Gasteiger partial charge on any atom is -0.358 e. The molecule has 0 saturated carbocycles. The van der Waals surface area contributed by atoms with Gasteiger partial charge in [0.15, 0.2) is 0 Å². The van der Waals surface area contributed by atoms with E-state index in [0.29, 0.717) is 0 Å². The maximum Gasteiger partial charge on any atom is 0.269 e. The fourth-order valence-corrected chi connectivity index (χ4v) is 1.64. The van der Waals surface area contributed by atoms with Crippen molar-refractivity contribution in [2.75, 3.05) is 7.05 Å². The predicted molar refractivity (Wildman–Crippen MR) is 61.9 cm³/mol. The van der Waals surface area contributed by atoms with Gasteiger partial charge in [-0.05, 0) is 5.56 Å². The third-order valence-corrected chi connectivity index (χ3v) is 2.52. The second kappa shape index (κ2) is 4.18. The number of rotatable bonds is 2. The van der Waals surface area contributed by atoms with Crippen molar-refractivity contribution in [2.45, 2.75) is 5.92 Å². The Hall–Kier alpha value is -2.10. The van der Waals surface area contributed by atoms with Gasteiger partial charge in [-0.2, -0.15) is 0 Å². The average Bonchev–Trinajstić information content (AvgIpc) is 2.30. The topological polar surface area (TPSA) is 46.4 Å². The highest BCUT2D eigenvalue weighted by Crippen LogP contribution is 2.25. The van der Waals surface area contributed by atoms with Gasteiger partial charge in [-0.15, -0.1) is 0 Å². The highest BCUT2D eigenvalue weighted by molar-refractivity contribution is 5.40. The van der Waals surface area contributed by atoms with Crippen LogP contribution in [-0.4, -0.2) is 16.9 Å². The number of hydrogen-bond acceptors (Lipinski definition) is 3. The van der Waals surface area contributed by atoms with Crippen molar-refractivity contribution in [1.29, 1.82) is 0 Å². The summed E-state index contributed by atoms with van der Waals surface area (Å²) < 4.78 is 0. The van der Waals surface area contributed by atoms with Crippen LogP contribution >= 0.6 is 0 Å². The molecule has 0 N–H and O–H groups in total. The molecule has 0 unspecified atom stereocenters. The smallest absolute Gasteiger partial charge is 0.269 e. The second-order valence-corrected chi connectivity index (χ2v) is 3.73. The third-order valence-electron chi connectivity index (χ3n) is 2.52. The summed E-state index contributed by atoms with van der Waals surface area (Å²) in [6, 6.07) is 6.74. The Morgan fingerprint density at radius 2 is 2.00 bits per heavy atom. The lowest BCUT2D eigenvalue weighted by Crippen LogP contribution is -2.07. The molecule has 0 bridgehead atoms. The minimum absolute atomic E-state index is 0.121. The van der Waals surface area contributed by atoms with E-state index in [-0.39, 0.29) is 16.5 Å². The molecule has 0 aromatic heterocycles. The number of nitro groups is 1. The van der Waals surface area contributed by atoms with Gasteiger partial charge in [0, 0.05) is 37.5 Å². The monoisotopic (exact) mass is 216 g/mol. The van der Waals surface area contributed by atoms with Gasteiger partial charge in [-0.3, -0.25) is 10.1 Å². The molecule has 0 aliphatic carbocycles. The average molecular weight is 216 g/mol. The molecule has 1 heterocycles. The van der Waals surface area contributed by atoms with E-state index in [0.717, 1.165) is 5.56 Å². The van der Waals surface area contributed by atoms with Crippen LogP contribution in [0, 0.1) is 10.1 Å². The Kier molecular flexibility index (Phi) is 2.72. The molecule has 4 nitrogen and oxygen atoms in total. The van der Waals surface area contributed by atoms with Gasteiger partial charge in [-0.1, -0.05) is 24.3 Å². The summed E-state index contributed by atoms with van der Waals surface area (Å²) >= 11 is 0. The Morgan fingerprint density at radius 1 is 1.31 bits per heavy atom. The summed E-state index contributed by atoms with van der Waals surface area (Å²) in [6.45, 7) is 0. The molecule has 4 heteroatoms. The highest BCUT2D eigenvalue weighted by Gasteiger charge is 2.12. The van der Waals surface area contributed by atoms with Gasteiger partial charge in [0.2, 0.25) is 0 Å². The summed E-state index contributed by atoms with van der Waals surface area (Å²) in [5, 5.41) is 10.6. The molecule has 0 fully saturated rings. The van der Waals surface area contributed by atoms with Gasteiger partial charge < -0.3 is 4.90 Å². The summed E-state index contributed by atoms with van der Waals surface area (Å²) in [5.74, 6) is 0.121. The standard InChI is InChI=1S/C12H12N2O2/c1-13-7-5-10(6-8-13)11-3-2-4-12(9-11)14(15)16/h2-10H,1H3. The van der Waals surface area contributed by atoms with Crippen molar-refractivity contribution in [3.63, 3.8) is 0 Å². The molecule has 1 aliphatic rings. The summed E-state index contributed by atoms with van der Waals surface area (Å²) in [7, 11) is 1.94. The van der Waals surface area contributed by atoms with E-state index in [1.807, 2.05) is 42.6 Å². The zero-order valence-corrected chi connectivity index (χ0v) is 8.91. The van der Waals surface area contributed by atoms with E-state index in [1.165, 1.54) is 6.07 Å². The zero-order chi connectivity index (χ0) is 11.5. The van der Waals surface area contributed by atoms with E-state index in [2.05, 4.69) is 0 Å². The first-order chi connectivity index (χ1) is 7.66. The number of benzene rings is 1. The van der Waals surface area contributed by atoms with E-state index in [1.54, 1.807) is 12.1 Å². The molecule has 0 spiro atoms. The third kappa shape index (κ3) is 2.11. The summed E-state index contributed by atoms with van der Waals surface area (Å²) in [6.07, 6.45) is 7.92. The van der Waals surface area contributed by atoms with E-state index >= 15 is 0 Å². The Labute approximate surface area is 93.6 Å². The van der Waals surface area contributed by atoms with Crippen LogP contribution in [0.5, 0.6) is 0 Å².